The number of furan rings is 1. The minimum Gasteiger partial charge on any atom is -0.507 e. The molecule has 1 aromatic heterocycles. The van der Waals surface area contributed by atoms with E-state index in [1.165, 1.54) is 11.2 Å². The van der Waals surface area contributed by atoms with Crippen molar-refractivity contribution in [1.29, 1.82) is 0 Å². The standard InChI is InChI=1S/C22H26N2O5/c1-14(2)29-16-9-7-15(8-10-16)20(25)18-19(17-6-5-13-28-17)24(12-11-23(3)4)22(27)21(18)26/h5-10,13-14,19,25H,11-12H2,1-4H3/b20-18+/t19-/m0/s1. The summed E-state index contributed by atoms with van der Waals surface area (Å²) in [6.45, 7) is 4.76. The number of Topliss-reactive ketones (excluding diaryl/α,β-unsaturated/α-hetero) is 1. The van der Waals surface area contributed by atoms with Gasteiger partial charge in [-0.15, -0.1) is 0 Å². The number of aliphatic hydroxyl groups excluding tert-OH is 1. The summed E-state index contributed by atoms with van der Waals surface area (Å²) in [5.74, 6) is -0.497. The fraction of sp³-hybridized carbons (Fsp3) is 0.364. The van der Waals surface area contributed by atoms with Gasteiger partial charge in [0.2, 0.25) is 0 Å². The number of benzene rings is 1. The second-order valence-electron chi connectivity index (χ2n) is 7.50. The number of ether oxygens (including phenoxy) is 1. The zero-order chi connectivity index (χ0) is 21.1. The maximum atomic E-state index is 12.8. The predicted molar refractivity (Wildman–Crippen MR) is 108 cm³/mol. The summed E-state index contributed by atoms with van der Waals surface area (Å²) in [6.07, 6.45) is 1.51. The molecule has 0 saturated carbocycles. The lowest BCUT2D eigenvalue weighted by Crippen LogP contribution is -2.35. The van der Waals surface area contributed by atoms with Crippen molar-refractivity contribution in [3.8, 4) is 5.75 Å². The summed E-state index contributed by atoms with van der Waals surface area (Å²) >= 11 is 0. The van der Waals surface area contributed by atoms with Gasteiger partial charge in [0, 0.05) is 18.7 Å². The van der Waals surface area contributed by atoms with E-state index in [-0.39, 0.29) is 17.4 Å². The van der Waals surface area contributed by atoms with Gasteiger partial charge in [0.05, 0.1) is 17.9 Å². The minimum absolute atomic E-state index is 0.0235. The number of likely N-dealkylation sites (tertiary alicyclic amines) is 1. The summed E-state index contributed by atoms with van der Waals surface area (Å²) in [5, 5.41) is 10.9. The number of ketones is 1. The lowest BCUT2D eigenvalue weighted by atomic mass is 9.99. The van der Waals surface area contributed by atoms with Gasteiger partial charge in [0.15, 0.2) is 0 Å². The third-order valence-corrected chi connectivity index (χ3v) is 4.64. The zero-order valence-corrected chi connectivity index (χ0v) is 17.1. The van der Waals surface area contributed by atoms with Crippen molar-refractivity contribution >= 4 is 17.4 Å². The van der Waals surface area contributed by atoms with Gasteiger partial charge in [-0.2, -0.15) is 0 Å². The molecule has 0 radical (unpaired) electrons. The summed E-state index contributed by atoms with van der Waals surface area (Å²) in [6, 6.07) is 9.40. The topological polar surface area (TPSA) is 83.2 Å². The molecule has 0 spiro atoms. The van der Waals surface area contributed by atoms with Crippen LogP contribution in [0, 0.1) is 0 Å². The third-order valence-electron chi connectivity index (χ3n) is 4.64. The van der Waals surface area contributed by atoms with Gasteiger partial charge in [-0.05, 0) is 64.3 Å². The van der Waals surface area contributed by atoms with Crippen LogP contribution in [0.1, 0.15) is 31.2 Å². The Morgan fingerprint density at radius 3 is 2.45 bits per heavy atom. The van der Waals surface area contributed by atoms with Crippen molar-refractivity contribution in [2.75, 3.05) is 27.2 Å². The Labute approximate surface area is 170 Å². The Kier molecular flexibility index (Phi) is 6.08. The first-order chi connectivity index (χ1) is 13.8. The van der Waals surface area contributed by atoms with E-state index in [4.69, 9.17) is 9.15 Å². The quantitative estimate of drug-likeness (QED) is 0.438. The molecule has 1 aliphatic heterocycles. The van der Waals surface area contributed by atoms with E-state index in [1.54, 1.807) is 36.4 Å². The number of carbonyl (C=O) groups is 2. The molecule has 7 nitrogen and oxygen atoms in total. The van der Waals surface area contributed by atoms with Gasteiger partial charge < -0.3 is 24.1 Å². The van der Waals surface area contributed by atoms with Crippen LogP contribution in [0.3, 0.4) is 0 Å². The van der Waals surface area contributed by atoms with Crippen molar-refractivity contribution in [2.24, 2.45) is 0 Å². The smallest absolute Gasteiger partial charge is 0.295 e. The van der Waals surface area contributed by atoms with Crippen molar-refractivity contribution in [1.82, 2.24) is 9.80 Å². The lowest BCUT2D eigenvalue weighted by molar-refractivity contribution is -0.140. The van der Waals surface area contributed by atoms with Crippen LogP contribution in [-0.2, 0) is 9.59 Å². The van der Waals surface area contributed by atoms with Gasteiger partial charge in [-0.1, -0.05) is 0 Å². The molecule has 154 valence electrons. The molecule has 1 atom stereocenters. The largest absolute Gasteiger partial charge is 0.507 e. The van der Waals surface area contributed by atoms with Crippen LogP contribution >= 0.6 is 0 Å². The van der Waals surface area contributed by atoms with Crippen molar-refractivity contribution < 1.29 is 23.8 Å². The van der Waals surface area contributed by atoms with Gasteiger partial charge in [0.1, 0.15) is 23.3 Å². The number of likely N-dealkylation sites (N-methyl/N-ethyl adjacent to an activating group) is 1. The second kappa shape index (κ2) is 8.53. The first-order valence-electron chi connectivity index (χ1n) is 9.53. The monoisotopic (exact) mass is 398 g/mol. The molecule has 1 fully saturated rings. The molecule has 1 N–H and O–H groups in total. The molecule has 1 saturated heterocycles. The van der Waals surface area contributed by atoms with Crippen LogP contribution in [0.2, 0.25) is 0 Å². The summed E-state index contributed by atoms with van der Waals surface area (Å²) in [7, 11) is 3.78. The number of amides is 1. The molecule has 0 unspecified atom stereocenters. The average molecular weight is 398 g/mol. The lowest BCUT2D eigenvalue weighted by Gasteiger charge is -2.24. The summed E-state index contributed by atoms with van der Waals surface area (Å²) in [5.41, 5.74) is 0.463. The first kappa shape index (κ1) is 20.7. The second-order valence-corrected chi connectivity index (χ2v) is 7.50. The number of hydrogen-bond acceptors (Lipinski definition) is 6. The molecule has 1 amide bonds. The van der Waals surface area contributed by atoms with E-state index in [0.29, 0.717) is 30.2 Å². The SMILES string of the molecule is CC(C)Oc1ccc(/C(O)=C2\C(=O)C(=O)N(CCN(C)C)[C@H]2c2ccco2)cc1. The van der Waals surface area contributed by atoms with Crippen molar-refractivity contribution in [3.63, 3.8) is 0 Å². The van der Waals surface area contributed by atoms with Crippen LogP contribution < -0.4 is 4.74 Å². The Morgan fingerprint density at radius 1 is 1.21 bits per heavy atom. The minimum atomic E-state index is -0.767. The van der Waals surface area contributed by atoms with Gasteiger partial charge in [-0.25, -0.2) is 0 Å². The predicted octanol–water partition coefficient (Wildman–Crippen LogP) is 3.05. The molecule has 29 heavy (non-hydrogen) atoms. The Balaban J connectivity index is 2.02. The molecule has 0 aliphatic carbocycles. The highest BCUT2D eigenvalue weighted by Crippen LogP contribution is 2.39. The van der Waals surface area contributed by atoms with E-state index in [2.05, 4.69) is 0 Å². The van der Waals surface area contributed by atoms with E-state index in [9.17, 15) is 14.7 Å². The fourth-order valence-corrected chi connectivity index (χ4v) is 3.28. The number of nitrogens with zero attached hydrogens (tertiary/aromatic N) is 2. The van der Waals surface area contributed by atoms with E-state index in [0.717, 1.165) is 0 Å². The Hall–Kier alpha value is -3.06. The highest BCUT2D eigenvalue weighted by molar-refractivity contribution is 6.46. The maximum Gasteiger partial charge on any atom is 0.295 e. The molecule has 7 heteroatoms. The number of hydrogen-bond donors (Lipinski definition) is 1. The van der Waals surface area contributed by atoms with Crippen LogP contribution in [0.5, 0.6) is 5.75 Å². The molecule has 2 aromatic rings. The average Bonchev–Trinajstić information content (AvgIpc) is 3.27. The van der Waals surface area contributed by atoms with Gasteiger partial charge in [0.25, 0.3) is 11.7 Å². The van der Waals surface area contributed by atoms with Crippen LogP contribution in [-0.4, -0.2) is 59.9 Å². The normalized spacial score (nSPS) is 18.8. The summed E-state index contributed by atoms with van der Waals surface area (Å²) in [4.78, 5) is 28.9. The molecule has 0 bridgehead atoms. The molecule has 1 aliphatic rings. The van der Waals surface area contributed by atoms with Crippen LogP contribution in [0.15, 0.2) is 52.7 Å². The number of rotatable bonds is 7. The van der Waals surface area contributed by atoms with Crippen molar-refractivity contribution in [2.45, 2.75) is 26.0 Å². The van der Waals surface area contributed by atoms with Gasteiger partial charge in [-0.3, -0.25) is 9.59 Å². The summed E-state index contributed by atoms with van der Waals surface area (Å²) < 4.78 is 11.1. The van der Waals surface area contributed by atoms with E-state index < -0.39 is 17.7 Å². The number of carbonyl (C=O) groups excluding carboxylic acids is 2. The molecular weight excluding hydrogens is 372 g/mol. The van der Waals surface area contributed by atoms with Gasteiger partial charge >= 0.3 is 0 Å². The van der Waals surface area contributed by atoms with Crippen LogP contribution in [0.4, 0.5) is 0 Å². The number of aliphatic hydroxyl groups is 1. The molecular formula is C22H26N2O5. The maximum absolute atomic E-state index is 12.8. The van der Waals surface area contributed by atoms with E-state index >= 15 is 0 Å². The van der Waals surface area contributed by atoms with Crippen molar-refractivity contribution in [3.05, 3.63) is 59.6 Å². The highest BCUT2D eigenvalue weighted by atomic mass is 16.5. The molecule has 3 rings (SSSR count). The first-order valence-corrected chi connectivity index (χ1v) is 9.53. The third kappa shape index (κ3) is 4.35. The zero-order valence-electron chi connectivity index (χ0n) is 17.1. The highest BCUT2D eigenvalue weighted by Gasteiger charge is 2.47. The fourth-order valence-electron chi connectivity index (χ4n) is 3.28. The Morgan fingerprint density at radius 2 is 1.90 bits per heavy atom. The van der Waals surface area contributed by atoms with Crippen LogP contribution in [0.25, 0.3) is 5.76 Å². The molecule has 1 aromatic carbocycles. The molecule has 2 heterocycles. The Bertz CT molecular complexity index is 898. The van der Waals surface area contributed by atoms with E-state index in [1.807, 2.05) is 32.8 Å².